The molecule has 56 heavy (non-hydrogen) atoms. The largest absolute Gasteiger partial charge is 0.456 e. The number of para-hydroxylation sites is 2. The second-order valence-electron chi connectivity index (χ2n) is 14.3. The maximum Gasteiger partial charge on any atom is 0.145 e. The first-order chi connectivity index (χ1) is 27.8. The predicted molar refractivity (Wildman–Crippen MR) is 232 cm³/mol. The molecule has 1 aliphatic heterocycles. The predicted octanol–water partition coefficient (Wildman–Crippen LogP) is 13.1. The molecule has 2 aromatic heterocycles. The van der Waals surface area contributed by atoms with Crippen LogP contribution in [0.15, 0.2) is 210 Å². The van der Waals surface area contributed by atoms with Gasteiger partial charge in [-0.15, -0.1) is 0 Å². The van der Waals surface area contributed by atoms with Crippen molar-refractivity contribution in [1.82, 2.24) is 9.88 Å². The summed E-state index contributed by atoms with van der Waals surface area (Å²) in [4.78, 5) is 5.37. The Hall–Kier alpha value is -7.43. The topological polar surface area (TPSA) is 42.5 Å². The summed E-state index contributed by atoms with van der Waals surface area (Å²) >= 11 is 0. The van der Waals surface area contributed by atoms with Gasteiger partial charge in [0.2, 0.25) is 0 Å². The van der Waals surface area contributed by atoms with Crippen molar-refractivity contribution in [2.45, 2.75) is 6.17 Å². The van der Waals surface area contributed by atoms with Crippen LogP contribution < -0.4 is 5.32 Å². The molecule has 4 nitrogen and oxygen atoms in total. The Balaban J connectivity index is 1.01. The zero-order valence-electron chi connectivity index (χ0n) is 30.4. The van der Waals surface area contributed by atoms with Crippen LogP contribution in [0.1, 0.15) is 22.9 Å². The van der Waals surface area contributed by atoms with Gasteiger partial charge in [0.15, 0.2) is 0 Å². The Morgan fingerprint density at radius 1 is 0.464 bits per heavy atom. The third-order valence-corrected chi connectivity index (χ3v) is 11.1. The van der Waals surface area contributed by atoms with E-state index in [2.05, 4.69) is 198 Å². The fraction of sp³-hybridized carbons (Fsp3) is 0.0192. The number of nitrogens with one attached hydrogen (secondary N) is 1. The summed E-state index contributed by atoms with van der Waals surface area (Å²) in [7, 11) is 0. The van der Waals surface area contributed by atoms with Crippen molar-refractivity contribution in [2.24, 2.45) is 4.99 Å². The normalized spacial score (nSPS) is 14.2. The van der Waals surface area contributed by atoms with E-state index in [4.69, 9.17) is 9.41 Å². The van der Waals surface area contributed by atoms with Gasteiger partial charge in [-0.2, -0.15) is 0 Å². The van der Waals surface area contributed by atoms with Crippen LogP contribution in [0, 0.1) is 0 Å². The van der Waals surface area contributed by atoms with Crippen LogP contribution in [0.3, 0.4) is 0 Å². The first kappa shape index (κ1) is 32.0. The zero-order valence-corrected chi connectivity index (χ0v) is 30.4. The molecule has 1 atom stereocenters. The summed E-state index contributed by atoms with van der Waals surface area (Å²) in [5.41, 5.74) is 15.3. The number of fused-ring (bicyclic) bond motifs is 6. The molecule has 264 valence electrons. The van der Waals surface area contributed by atoms with E-state index in [1.54, 1.807) is 0 Å². The minimum Gasteiger partial charge on any atom is -0.456 e. The second-order valence-corrected chi connectivity index (χ2v) is 14.3. The van der Waals surface area contributed by atoms with Gasteiger partial charge < -0.3 is 14.3 Å². The molecule has 4 heteroatoms. The minimum absolute atomic E-state index is 0.269. The van der Waals surface area contributed by atoms with Crippen molar-refractivity contribution in [2.75, 3.05) is 0 Å². The monoisotopic (exact) mass is 717 g/mol. The summed E-state index contributed by atoms with van der Waals surface area (Å²) in [5, 5.41) is 8.46. The molecule has 1 N–H and O–H groups in total. The van der Waals surface area contributed by atoms with Gasteiger partial charge in [0.1, 0.15) is 17.3 Å². The highest BCUT2D eigenvalue weighted by Gasteiger charge is 2.22. The molecule has 0 spiro atoms. The molecule has 0 radical (unpaired) electrons. The zero-order chi connectivity index (χ0) is 37.0. The second kappa shape index (κ2) is 13.2. The molecule has 1 aliphatic rings. The molecule has 1 unspecified atom stereocenters. The summed E-state index contributed by atoms with van der Waals surface area (Å²) in [6, 6.07) is 68.7. The highest BCUT2D eigenvalue weighted by atomic mass is 16.3. The lowest BCUT2D eigenvalue weighted by molar-refractivity contribution is 0.664. The van der Waals surface area contributed by atoms with Crippen molar-refractivity contribution in [3.05, 3.63) is 217 Å². The first-order valence-electron chi connectivity index (χ1n) is 19.1. The van der Waals surface area contributed by atoms with E-state index in [1.807, 2.05) is 12.1 Å². The lowest BCUT2D eigenvalue weighted by Gasteiger charge is -2.26. The van der Waals surface area contributed by atoms with Crippen LogP contribution in [0.2, 0.25) is 0 Å². The van der Waals surface area contributed by atoms with Gasteiger partial charge in [-0.25, -0.2) is 0 Å². The number of aromatic nitrogens is 1. The van der Waals surface area contributed by atoms with Gasteiger partial charge >= 0.3 is 0 Å². The summed E-state index contributed by atoms with van der Waals surface area (Å²) < 4.78 is 8.57. The average Bonchev–Trinajstić information content (AvgIpc) is 3.82. The van der Waals surface area contributed by atoms with Crippen molar-refractivity contribution in [3.63, 3.8) is 0 Å². The number of hydrogen-bond acceptors (Lipinski definition) is 3. The number of rotatable bonds is 6. The molecule has 0 bridgehead atoms. The van der Waals surface area contributed by atoms with Crippen LogP contribution >= 0.6 is 0 Å². The fourth-order valence-corrected chi connectivity index (χ4v) is 8.44. The van der Waals surface area contributed by atoms with Crippen LogP contribution in [-0.2, 0) is 0 Å². The number of nitrogens with zero attached hydrogens (tertiary/aromatic N) is 2. The molecule has 10 aromatic rings. The van der Waals surface area contributed by atoms with E-state index >= 15 is 0 Å². The van der Waals surface area contributed by atoms with Gasteiger partial charge in [-0.3, -0.25) is 4.99 Å². The van der Waals surface area contributed by atoms with Gasteiger partial charge in [0, 0.05) is 38.5 Å². The molecule has 0 saturated heterocycles. The van der Waals surface area contributed by atoms with E-state index < -0.39 is 0 Å². The van der Waals surface area contributed by atoms with E-state index in [-0.39, 0.29) is 6.17 Å². The standard InChI is InChI=1S/C52H35N3O/c1-3-14-34(15-4-1)39-18-7-8-19-41(39)46-33-45(36-16-5-2-6-17-36)53-52(54-46)37-28-26-35(27-29-37)40-22-13-24-48-51(40)43-21-9-11-23-47(43)55(48)38-30-31-50-44(32-38)42-20-10-12-25-49(42)56-50/h1-33,52-53H. The first-order valence-corrected chi connectivity index (χ1v) is 19.1. The third kappa shape index (κ3) is 5.34. The molecular formula is C52H35N3O. The summed E-state index contributed by atoms with van der Waals surface area (Å²) in [6.07, 6.45) is 1.92. The van der Waals surface area contributed by atoms with Crippen molar-refractivity contribution in [1.29, 1.82) is 0 Å². The fourth-order valence-electron chi connectivity index (χ4n) is 8.44. The highest BCUT2D eigenvalue weighted by Crippen LogP contribution is 2.40. The average molecular weight is 718 g/mol. The van der Waals surface area contributed by atoms with Crippen LogP contribution in [0.5, 0.6) is 0 Å². The van der Waals surface area contributed by atoms with Crippen LogP contribution in [0.4, 0.5) is 0 Å². The molecule has 0 saturated carbocycles. The number of aliphatic imine (C=N–C) groups is 1. The van der Waals surface area contributed by atoms with E-state index in [0.717, 1.165) is 72.4 Å². The van der Waals surface area contributed by atoms with Gasteiger partial charge in [-0.1, -0.05) is 158 Å². The van der Waals surface area contributed by atoms with Gasteiger partial charge in [0.05, 0.1) is 16.7 Å². The maximum atomic E-state index is 6.19. The lowest BCUT2D eigenvalue weighted by atomic mass is 9.94. The smallest absolute Gasteiger partial charge is 0.145 e. The summed E-state index contributed by atoms with van der Waals surface area (Å²) in [5.74, 6) is 0. The van der Waals surface area contributed by atoms with Crippen molar-refractivity contribution in [3.8, 4) is 27.9 Å². The van der Waals surface area contributed by atoms with Crippen molar-refractivity contribution < 1.29 is 4.42 Å². The maximum absolute atomic E-state index is 6.19. The molecule has 8 aromatic carbocycles. The SMILES string of the molecule is C1=C(c2ccccc2)NC(c2ccc(-c3cccc4c3c3ccccc3n4-c3ccc4oc5ccccc5c4c3)cc2)N=C1c1ccccc1-c1ccccc1. The quantitative estimate of drug-likeness (QED) is 0.186. The molecule has 11 rings (SSSR count). The Morgan fingerprint density at radius 2 is 1.09 bits per heavy atom. The van der Waals surface area contributed by atoms with E-state index in [0.29, 0.717) is 0 Å². The third-order valence-electron chi connectivity index (χ3n) is 11.1. The Labute approximate surface area is 324 Å². The summed E-state index contributed by atoms with van der Waals surface area (Å²) in [6.45, 7) is 0. The Kier molecular flexibility index (Phi) is 7.52. The molecular weight excluding hydrogens is 683 g/mol. The van der Waals surface area contributed by atoms with E-state index in [9.17, 15) is 0 Å². The molecule has 3 heterocycles. The number of hydrogen-bond donors (Lipinski definition) is 1. The number of furan rings is 1. The highest BCUT2D eigenvalue weighted by molar-refractivity contribution is 6.17. The van der Waals surface area contributed by atoms with Gasteiger partial charge in [0.25, 0.3) is 0 Å². The van der Waals surface area contributed by atoms with Crippen LogP contribution in [0.25, 0.3) is 77.4 Å². The van der Waals surface area contributed by atoms with Gasteiger partial charge in [-0.05, 0) is 75.9 Å². The Bertz CT molecular complexity index is 3150. The van der Waals surface area contributed by atoms with Crippen LogP contribution in [-0.4, -0.2) is 10.3 Å². The molecule has 0 fully saturated rings. The lowest BCUT2D eigenvalue weighted by Crippen LogP contribution is -2.25. The Morgan fingerprint density at radius 3 is 1.91 bits per heavy atom. The minimum atomic E-state index is -0.269. The number of benzene rings is 8. The molecule has 0 amide bonds. The van der Waals surface area contributed by atoms with Crippen molar-refractivity contribution >= 4 is 55.2 Å². The number of allylic oxidation sites excluding steroid dienone is 1. The molecule has 0 aliphatic carbocycles. The van der Waals surface area contributed by atoms with E-state index in [1.165, 1.54) is 27.4 Å².